The zero-order valence-corrected chi connectivity index (χ0v) is 16.5. The Labute approximate surface area is 168 Å². The van der Waals surface area contributed by atoms with Gasteiger partial charge in [-0.2, -0.15) is 5.26 Å². The quantitative estimate of drug-likeness (QED) is 0.612. The summed E-state index contributed by atoms with van der Waals surface area (Å²) in [6.45, 7) is 2.29. The third kappa shape index (κ3) is 3.02. The zero-order chi connectivity index (χ0) is 19.1. The van der Waals surface area contributed by atoms with Crippen molar-refractivity contribution in [2.75, 3.05) is 0 Å². The highest BCUT2D eigenvalue weighted by molar-refractivity contribution is 7.99. The van der Waals surface area contributed by atoms with Gasteiger partial charge in [0.15, 0.2) is 10.9 Å². The summed E-state index contributed by atoms with van der Waals surface area (Å²) in [5.74, 6) is 3.85. The summed E-state index contributed by atoms with van der Waals surface area (Å²) in [5.41, 5.74) is 0.553. The van der Waals surface area contributed by atoms with Crippen LogP contribution in [0.3, 0.4) is 0 Å². The monoisotopic (exact) mass is 391 g/mol. The van der Waals surface area contributed by atoms with Gasteiger partial charge >= 0.3 is 0 Å². The van der Waals surface area contributed by atoms with Crippen LogP contribution in [0.1, 0.15) is 44.2 Å². The third-order valence-electron chi connectivity index (χ3n) is 6.29. The molecule has 0 spiro atoms. The summed E-state index contributed by atoms with van der Waals surface area (Å²) >= 11 is 1.49. The van der Waals surface area contributed by atoms with Crippen molar-refractivity contribution in [3.63, 3.8) is 0 Å². The van der Waals surface area contributed by atoms with Gasteiger partial charge in [-0.1, -0.05) is 6.42 Å². The van der Waals surface area contributed by atoms with Crippen LogP contribution < -0.4 is 0 Å². The standard InChI is InChI=1S/C21H21N5OS/c1-13(17-10-14-4-6-16(17)9-14)26-20(18-3-2-8-27-18)24-25-21(26)28-19-7-5-15(11-22)12-23-19/h2-3,5,7-8,12-14,16-17H,4,6,9-10H2,1H3/t13-,14+,16+,17-/m1/s1. The smallest absolute Gasteiger partial charge is 0.200 e. The van der Waals surface area contributed by atoms with Gasteiger partial charge in [0.05, 0.1) is 11.8 Å². The molecule has 6 nitrogen and oxygen atoms in total. The molecule has 2 aliphatic carbocycles. The molecule has 28 heavy (non-hydrogen) atoms. The fourth-order valence-electron chi connectivity index (χ4n) is 4.96. The van der Waals surface area contributed by atoms with Gasteiger partial charge in [-0.15, -0.1) is 10.2 Å². The molecule has 0 unspecified atom stereocenters. The lowest BCUT2D eigenvalue weighted by molar-refractivity contribution is 0.235. The number of hydrogen-bond acceptors (Lipinski definition) is 6. The number of hydrogen-bond donors (Lipinski definition) is 0. The van der Waals surface area contributed by atoms with Crippen LogP contribution in [0.5, 0.6) is 0 Å². The van der Waals surface area contributed by atoms with Gasteiger partial charge in [0.1, 0.15) is 11.1 Å². The second kappa shape index (κ2) is 7.10. The number of fused-ring (bicyclic) bond motifs is 2. The Bertz CT molecular complexity index is 1000. The van der Waals surface area contributed by atoms with Crippen LogP contribution in [0.4, 0.5) is 0 Å². The van der Waals surface area contributed by atoms with Gasteiger partial charge in [-0.05, 0) is 80.0 Å². The lowest BCUT2D eigenvalue weighted by Crippen LogP contribution is -2.23. The highest BCUT2D eigenvalue weighted by Crippen LogP contribution is 2.53. The first-order valence-corrected chi connectivity index (χ1v) is 10.6. The molecule has 2 aliphatic rings. The van der Waals surface area contributed by atoms with Crippen molar-refractivity contribution in [2.24, 2.45) is 17.8 Å². The van der Waals surface area contributed by atoms with E-state index in [1.54, 1.807) is 18.5 Å². The van der Waals surface area contributed by atoms with Crippen LogP contribution in [0.25, 0.3) is 11.6 Å². The lowest BCUT2D eigenvalue weighted by Gasteiger charge is -2.30. The van der Waals surface area contributed by atoms with E-state index in [9.17, 15) is 0 Å². The molecule has 3 aromatic rings. The molecule has 2 saturated carbocycles. The summed E-state index contributed by atoms with van der Waals surface area (Å²) in [7, 11) is 0. The van der Waals surface area contributed by atoms with Crippen molar-refractivity contribution in [2.45, 2.75) is 48.8 Å². The second-order valence-corrected chi connectivity index (χ2v) is 8.82. The van der Waals surface area contributed by atoms with E-state index in [1.807, 2.05) is 18.2 Å². The Morgan fingerprint density at radius 1 is 1.25 bits per heavy atom. The highest BCUT2D eigenvalue weighted by Gasteiger charge is 2.43. The first-order valence-electron chi connectivity index (χ1n) is 9.75. The molecule has 4 atom stereocenters. The number of nitriles is 1. The van der Waals surface area contributed by atoms with Gasteiger partial charge in [-0.3, -0.25) is 4.57 Å². The van der Waals surface area contributed by atoms with Crippen LogP contribution in [-0.2, 0) is 0 Å². The summed E-state index contributed by atoms with van der Waals surface area (Å²) < 4.78 is 7.88. The van der Waals surface area contributed by atoms with Gasteiger partial charge in [0.25, 0.3) is 0 Å². The maximum atomic E-state index is 8.98. The lowest BCUT2D eigenvalue weighted by atomic mass is 9.84. The molecular formula is C21H21N5OS. The van der Waals surface area contributed by atoms with Crippen molar-refractivity contribution in [3.8, 4) is 17.7 Å². The van der Waals surface area contributed by atoms with Crippen molar-refractivity contribution >= 4 is 11.8 Å². The Morgan fingerprint density at radius 3 is 2.82 bits per heavy atom. The van der Waals surface area contributed by atoms with E-state index in [4.69, 9.17) is 9.68 Å². The SMILES string of the molecule is C[C@H]([C@H]1C[C@H]2CC[C@H]1C2)n1c(Sc2ccc(C#N)cn2)nnc1-c1ccco1. The molecule has 3 aromatic heterocycles. The summed E-state index contributed by atoms with van der Waals surface area (Å²) in [6.07, 6.45) is 8.66. The molecule has 0 N–H and O–H groups in total. The Morgan fingerprint density at radius 2 is 2.18 bits per heavy atom. The van der Waals surface area contributed by atoms with Gasteiger partial charge in [0, 0.05) is 12.2 Å². The maximum Gasteiger partial charge on any atom is 0.200 e. The number of pyridine rings is 1. The predicted octanol–water partition coefficient (Wildman–Crippen LogP) is 4.95. The van der Waals surface area contributed by atoms with Crippen LogP contribution in [-0.4, -0.2) is 19.7 Å². The Kier molecular flexibility index (Phi) is 4.44. The van der Waals surface area contributed by atoms with Gasteiger partial charge < -0.3 is 4.42 Å². The zero-order valence-electron chi connectivity index (χ0n) is 15.7. The van der Waals surface area contributed by atoms with E-state index in [1.165, 1.54) is 37.4 Å². The Balaban J connectivity index is 1.51. The van der Waals surface area contributed by atoms with Crippen molar-refractivity contribution < 1.29 is 4.42 Å². The van der Waals surface area contributed by atoms with E-state index >= 15 is 0 Å². The number of nitrogens with zero attached hydrogens (tertiary/aromatic N) is 5. The van der Waals surface area contributed by atoms with E-state index in [-0.39, 0.29) is 0 Å². The number of furan rings is 1. The van der Waals surface area contributed by atoms with Gasteiger partial charge in [-0.25, -0.2) is 4.98 Å². The fraction of sp³-hybridized carbons (Fsp3) is 0.429. The van der Waals surface area contributed by atoms with E-state index in [0.29, 0.717) is 17.5 Å². The minimum atomic E-state index is 0.297. The van der Waals surface area contributed by atoms with Crippen LogP contribution in [0, 0.1) is 29.1 Å². The molecule has 0 amide bonds. The second-order valence-electron chi connectivity index (χ2n) is 7.83. The minimum Gasteiger partial charge on any atom is -0.461 e. The molecule has 142 valence electrons. The molecule has 0 aliphatic heterocycles. The van der Waals surface area contributed by atoms with Gasteiger partial charge in [0.2, 0.25) is 5.82 Å². The van der Waals surface area contributed by atoms with Crippen molar-refractivity contribution in [3.05, 3.63) is 42.3 Å². The summed E-state index contributed by atoms with van der Waals surface area (Å²) in [5, 5.41) is 19.5. The topological polar surface area (TPSA) is 80.5 Å². The molecule has 0 radical (unpaired) electrons. The van der Waals surface area contributed by atoms with Crippen molar-refractivity contribution in [1.82, 2.24) is 19.7 Å². The average Bonchev–Trinajstić information content (AvgIpc) is 3.51. The molecule has 5 rings (SSSR count). The van der Waals surface area contributed by atoms with Crippen LogP contribution in [0.2, 0.25) is 0 Å². The number of aromatic nitrogens is 4. The first kappa shape index (κ1) is 17.5. The fourth-order valence-corrected chi connectivity index (χ4v) is 5.83. The average molecular weight is 392 g/mol. The Hall–Kier alpha value is -2.59. The summed E-state index contributed by atoms with van der Waals surface area (Å²) in [6, 6.07) is 9.86. The normalized spacial score (nSPS) is 24.4. The minimum absolute atomic E-state index is 0.297. The molecule has 2 bridgehead atoms. The van der Waals surface area contributed by atoms with Crippen LogP contribution >= 0.6 is 11.8 Å². The maximum absolute atomic E-state index is 8.98. The van der Waals surface area contributed by atoms with Crippen LogP contribution in [0.15, 0.2) is 51.3 Å². The first-order chi connectivity index (χ1) is 13.7. The molecular weight excluding hydrogens is 370 g/mol. The van der Waals surface area contributed by atoms with E-state index in [2.05, 4.69) is 32.7 Å². The third-order valence-corrected chi connectivity index (χ3v) is 7.20. The largest absolute Gasteiger partial charge is 0.461 e. The molecule has 7 heteroatoms. The van der Waals surface area contributed by atoms with E-state index in [0.717, 1.165) is 33.6 Å². The molecule has 0 aromatic carbocycles. The highest BCUT2D eigenvalue weighted by atomic mass is 32.2. The van der Waals surface area contributed by atoms with E-state index < -0.39 is 0 Å². The van der Waals surface area contributed by atoms with Crippen molar-refractivity contribution in [1.29, 1.82) is 5.26 Å². The predicted molar refractivity (Wildman–Crippen MR) is 104 cm³/mol. The molecule has 0 saturated heterocycles. The molecule has 2 fully saturated rings. The molecule has 3 heterocycles. The summed E-state index contributed by atoms with van der Waals surface area (Å²) in [4.78, 5) is 4.39. The number of rotatable bonds is 5.